The average molecular weight is 169 g/mol. The molecular formula is C5H9BF3O2. The Morgan fingerprint density at radius 2 is 1.27 bits per heavy atom. The fourth-order valence-corrected chi connectivity index (χ4v) is 0.880. The number of alkyl halides is 3. The minimum absolute atomic E-state index is 0. The van der Waals surface area contributed by atoms with Crippen LogP contribution in [0.3, 0.4) is 0 Å². The predicted molar refractivity (Wildman–Crippen MR) is 34.1 cm³/mol. The lowest BCUT2D eigenvalue weighted by Gasteiger charge is -1.96. The van der Waals surface area contributed by atoms with Crippen LogP contribution in [0.1, 0.15) is 12.8 Å². The molecule has 6 heteroatoms. The molecule has 1 rings (SSSR count). The van der Waals surface area contributed by atoms with E-state index in [2.05, 4.69) is 0 Å². The van der Waals surface area contributed by atoms with Crippen LogP contribution in [0.2, 0.25) is 0 Å². The maximum Gasteiger partial charge on any atom is 0.482 e. The van der Waals surface area contributed by atoms with E-state index in [4.69, 9.17) is 10.0 Å². The first-order valence-electron chi connectivity index (χ1n) is 3.14. The van der Waals surface area contributed by atoms with E-state index in [1.165, 1.54) is 0 Å². The molecular weight excluding hydrogens is 160 g/mol. The standard InChI is InChI=1S/C5H7F3.BH2O2/c6-3-1-4(7)5(8)2-3;2-1-3/h3-5H,1-2H2;2-3H. The molecule has 2 atom stereocenters. The van der Waals surface area contributed by atoms with E-state index >= 15 is 0 Å². The molecule has 0 aliphatic heterocycles. The molecule has 1 aliphatic rings. The summed E-state index contributed by atoms with van der Waals surface area (Å²) < 4.78 is 35.8. The molecule has 2 nitrogen and oxygen atoms in total. The number of rotatable bonds is 0. The fourth-order valence-electron chi connectivity index (χ4n) is 0.880. The van der Waals surface area contributed by atoms with Gasteiger partial charge in [0.15, 0.2) is 0 Å². The summed E-state index contributed by atoms with van der Waals surface area (Å²) in [7, 11) is 0. The molecule has 0 aromatic rings. The third-order valence-corrected chi connectivity index (χ3v) is 1.35. The van der Waals surface area contributed by atoms with E-state index in [1.807, 2.05) is 0 Å². The first-order valence-corrected chi connectivity index (χ1v) is 3.14. The van der Waals surface area contributed by atoms with Gasteiger partial charge in [-0.3, -0.25) is 0 Å². The molecule has 1 saturated carbocycles. The van der Waals surface area contributed by atoms with E-state index in [0.717, 1.165) is 0 Å². The fraction of sp³-hybridized carbons (Fsp3) is 1.00. The van der Waals surface area contributed by atoms with Crippen molar-refractivity contribution >= 4 is 7.69 Å². The van der Waals surface area contributed by atoms with Gasteiger partial charge >= 0.3 is 7.69 Å². The Morgan fingerprint density at radius 1 is 1.00 bits per heavy atom. The van der Waals surface area contributed by atoms with E-state index in [1.54, 1.807) is 0 Å². The third-order valence-electron chi connectivity index (χ3n) is 1.35. The average Bonchev–Trinajstić information content (AvgIpc) is 2.12. The van der Waals surface area contributed by atoms with Gasteiger partial charge in [-0.1, -0.05) is 0 Å². The molecule has 2 unspecified atom stereocenters. The normalized spacial score (nSPS) is 35.9. The summed E-state index contributed by atoms with van der Waals surface area (Å²) in [6.45, 7) is 0. The molecule has 0 heterocycles. The van der Waals surface area contributed by atoms with Crippen molar-refractivity contribution in [2.75, 3.05) is 0 Å². The SMILES string of the molecule is FC1CC(F)C(F)C1.O[B]O. The van der Waals surface area contributed by atoms with Gasteiger partial charge in [0.25, 0.3) is 0 Å². The Morgan fingerprint density at radius 3 is 1.36 bits per heavy atom. The number of halogens is 3. The van der Waals surface area contributed by atoms with Gasteiger partial charge in [0, 0.05) is 12.8 Å². The summed E-state index contributed by atoms with van der Waals surface area (Å²) in [6.07, 6.45) is -4.85. The summed E-state index contributed by atoms with van der Waals surface area (Å²) >= 11 is 0. The van der Waals surface area contributed by atoms with Gasteiger partial charge in [0.2, 0.25) is 0 Å². The van der Waals surface area contributed by atoms with Crippen LogP contribution in [-0.4, -0.2) is 36.2 Å². The Labute approximate surface area is 63.3 Å². The molecule has 0 spiro atoms. The quantitative estimate of drug-likeness (QED) is 0.512. The highest BCUT2D eigenvalue weighted by Crippen LogP contribution is 2.27. The van der Waals surface area contributed by atoms with E-state index in [0.29, 0.717) is 0 Å². The highest BCUT2D eigenvalue weighted by molar-refractivity contribution is 6.13. The lowest BCUT2D eigenvalue weighted by molar-refractivity contribution is 0.199. The number of hydrogen-bond donors (Lipinski definition) is 2. The molecule has 1 radical (unpaired) electrons. The van der Waals surface area contributed by atoms with Crippen molar-refractivity contribution in [3.8, 4) is 0 Å². The van der Waals surface area contributed by atoms with Crippen LogP contribution >= 0.6 is 0 Å². The monoisotopic (exact) mass is 169 g/mol. The molecule has 0 aromatic heterocycles. The molecule has 2 N–H and O–H groups in total. The Kier molecular flexibility index (Phi) is 5.32. The van der Waals surface area contributed by atoms with Gasteiger partial charge < -0.3 is 10.0 Å². The second kappa shape index (κ2) is 5.43. The lowest BCUT2D eigenvalue weighted by atomic mass is 10.3. The van der Waals surface area contributed by atoms with Gasteiger partial charge in [-0.15, -0.1) is 0 Å². The van der Waals surface area contributed by atoms with Gasteiger partial charge in [0.05, 0.1) is 0 Å². The minimum Gasteiger partial charge on any atom is -0.429 e. The molecule has 1 fully saturated rings. The zero-order chi connectivity index (χ0) is 8.85. The summed E-state index contributed by atoms with van der Waals surface area (Å²) in [4.78, 5) is 0. The summed E-state index contributed by atoms with van der Waals surface area (Å²) in [5, 5.41) is 14.0. The maximum atomic E-state index is 12.0. The van der Waals surface area contributed by atoms with Gasteiger partial charge in [-0.05, 0) is 0 Å². The summed E-state index contributed by atoms with van der Waals surface area (Å²) in [5.41, 5.74) is 0. The topological polar surface area (TPSA) is 40.5 Å². The lowest BCUT2D eigenvalue weighted by Crippen LogP contribution is -2.06. The van der Waals surface area contributed by atoms with Crippen molar-refractivity contribution in [1.29, 1.82) is 0 Å². The third kappa shape index (κ3) is 4.26. The molecule has 11 heavy (non-hydrogen) atoms. The summed E-state index contributed by atoms with van der Waals surface area (Å²) in [5.74, 6) is 0. The van der Waals surface area contributed by atoms with Crippen molar-refractivity contribution in [3.05, 3.63) is 0 Å². The zero-order valence-corrected chi connectivity index (χ0v) is 5.75. The van der Waals surface area contributed by atoms with E-state index in [-0.39, 0.29) is 20.5 Å². The van der Waals surface area contributed by atoms with Crippen LogP contribution in [0, 0.1) is 0 Å². The molecule has 0 aromatic carbocycles. The van der Waals surface area contributed by atoms with Crippen LogP contribution in [0.25, 0.3) is 0 Å². The van der Waals surface area contributed by atoms with E-state index in [9.17, 15) is 13.2 Å². The smallest absolute Gasteiger partial charge is 0.429 e. The zero-order valence-electron chi connectivity index (χ0n) is 5.75. The van der Waals surface area contributed by atoms with Crippen molar-refractivity contribution in [2.24, 2.45) is 0 Å². The molecule has 0 amide bonds. The van der Waals surface area contributed by atoms with Crippen LogP contribution in [0.5, 0.6) is 0 Å². The largest absolute Gasteiger partial charge is 0.482 e. The molecule has 0 bridgehead atoms. The van der Waals surface area contributed by atoms with Crippen molar-refractivity contribution in [1.82, 2.24) is 0 Å². The Hall–Kier alpha value is -0.225. The van der Waals surface area contributed by atoms with Crippen LogP contribution in [-0.2, 0) is 0 Å². The Bertz CT molecular complexity index is 95.7. The van der Waals surface area contributed by atoms with Crippen molar-refractivity contribution in [3.63, 3.8) is 0 Å². The predicted octanol–water partition coefficient (Wildman–Crippen LogP) is 0.300. The molecule has 1 aliphatic carbocycles. The van der Waals surface area contributed by atoms with Gasteiger partial charge in [-0.2, -0.15) is 0 Å². The highest BCUT2D eigenvalue weighted by atomic mass is 19.2. The second-order valence-corrected chi connectivity index (χ2v) is 2.22. The second-order valence-electron chi connectivity index (χ2n) is 2.22. The van der Waals surface area contributed by atoms with Gasteiger partial charge in [-0.25, -0.2) is 13.2 Å². The first-order chi connectivity index (χ1) is 5.11. The van der Waals surface area contributed by atoms with Gasteiger partial charge in [0.1, 0.15) is 18.5 Å². The molecule has 0 saturated heterocycles. The van der Waals surface area contributed by atoms with Crippen LogP contribution in [0.4, 0.5) is 13.2 Å². The number of hydrogen-bond acceptors (Lipinski definition) is 2. The van der Waals surface area contributed by atoms with E-state index < -0.39 is 18.5 Å². The summed E-state index contributed by atoms with van der Waals surface area (Å²) in [6, 6.07) is 0. The molecule has 65 valence electrons. The van der Waals surface area contributed by atoms with Crippen molar-refractivity contribution < 1.29 is 23.2 Å². The Balaban J connectivity index is 0.000000292. The first kappa shape index (κ1) is 10.8. The highest BCUT2D eigenvalue weighted by Gasteiger charge is 2.34. The van der Waals surface area contributed by atoms with Crippen LogP contribution in [0.15, 0.2) is 0 Å². The van der Waals surface area contributed by atoms with Crippen LogP contribution < -0.4 is 0 Å². The van der Waals surface area contributed by atoms with Crippen molar-refractivity contribution in [2.45, 2.75) is 31.4 Å². The maximum absolute atomic E-state index is 12.0. The minimum atomic E-state index is -1.55.